The Morgan fingerprint density at radius 1 is 1.15 bits per heavy atom. The molecule has 1 unspecified atom stereocenters. The summed E-state index contributed by atoms with van der Waals surface area (Å²) < 4.78 is 0. The summed E-state index contributed by atoms with van der Waals surface area (Å²) in [5, 5.41) is 0.921. The van der Waals surface area contributed by atoms with Crippen molar-refractivity contribution in [1.82, 2.24) is 0 Å². The van der Waals surface area contributed by atoms with Gasteiger partial charge >= 0.3 is 0 Å². The molecule has 2 rings (SSSR count). The van der Waals surface area contributed by atoms with E-state index in [1.54, 1.807) is 0 Å². The third kappa shape index (κ3) is 4.15. The molecular weight excluding hydrogens is 266 g/mol. The van der Waals surface area contributed by atoms with Gasteiger partial charge in [0.1, 0.15) is 0 Å². The predicted octanol–water partition coefficient (Wildman–Crippen LogP) is 5.87. The molecule has 0 saturated carbocycles. The molecule has 1 aromatic rings. The zero-order chi connectivity index (χ0) is 14.8. The topological polar surface area (TPSA) is 3.24 Å². The van der Waals surface area contributed by atoms with Gasteiger partial charge in [-0.05, 0) is 54.7 Å². The number of nitrogens with zero attached hydrogens (tertiary/aromatic N) is 1. The average molecular weight is 294 g/mol. The van der Waals surface area contributed by atoms with Crippen LogP contribution in [-0.2, 0) is 0 Å². The Balaban J connectivity index is 2.12. The highest BCUT2D eigenvalue weighted by Gasteiger charge is 2.19. The molecule has 0 aromatic heterocycles. The van der Waals surface area contributed by atoms with E-state index in [9.17, 15) is 0 Å². The van der Waals surface area contributed by atoms with Crippen LogP contribution in [0.4, 0.5) is 5.69 Å². The van der Waals surface area contributed by atoms with E-state index in [0.29, 0.717) is 11.3 Å². The normalized spacial score (nSPS) is 18.1. The Morgan fingerprint density at radius 2 is 1.80 bits per heavy atom. The van der Waals surface area contributed by atoms with Crippen molar-refractivity contribution in [2.45, 2.75) is 59.3 Å². The second kappa shape index (κ2) is 6.39. The fourth-order valence-corrected chi connectivity index (χ4v) is 3.57. The molecule has 2 heteroatoms. The standard InChI is InChI=1S/C18H28ClN/c1-14(13-18(2,3)4)15-8-9-17(16(19)12-15)20-10-6-5-7-11-20/h8-9,12,14H,5-7,10-11,13H2,1-4H3. The van der Waals surface area contributed by atoms with Crippen molar-refractivity contribution in [2.24, 2.45) is 5.41 Å². The lowest BCUT2D eigenvalue weighted by Crippen LogP contribution is -2.29. The number of piperidine rings is 1. The van der Waals surface area contributed by atoms with Crippen LogP contribution in [0.5, 0.6) is 0 Å². The molecule has 0 N–H and O–H groups in total. The quantitative estimate of drug-likeness (QED) is 0.673. The molecule has 0 aliphatic carbocycles. The lowest BCUT2D eigenvalue weighted by molar-refractivity contribution is 0.349. The first-order chi connectivity index (χ1) is 9.37. The summed E-state index contributed by atoms with van der Waals surface area (Å²) in [5.74, 6) is 0.558. The van der Waals surface area contributed by atoms with Gasteiger partial charge in [0.05, 0.1) is 10.7 Å². The van der Waals surface area contributed by atoms with Gasteiger partial charge < -0.3 is 4.90 Å². The zero-order valence-corrected chi connectivity index (χ0v) is 14.1. The second-order valence-corrected chi connectivity index (χ2v) is 7.83. The van der Waals surface area contributed by atoms with Crippen LogP contribution in [-0.4, -0.2) is 13.1 Å². The Morgan fingerprint density at radius 3 is 2.35 bits per heavy atom. The first-order valence-corrected chi connectivity index (χ1v) is 8.29. The monoisotopic (exact) mass is 293 g/mol. The molecule has 0 amide bonds. The van der Waals surface area contributed by atoms with Crippen LogP contribution in [0.2, 0.25) is 5.02 Å². The Bertz CT molecular complexity index is 441. The summed E-state index contributed by atoms with van der Waals surface area (Å²) in [6.45, 7) is 11.5. The van der Waals surface area contributed by atoms with Crippen molar-refractivity contribution in [3.63, 3.8) is 0 Å². The van der Waals surface area contributed by atoms with Crippen molar-refractivity contribution in [3.05, 3.63) is 28.8 Å². The smallest absolute Gasteiger partial charge is 0.0642 e. The first kappa shape index (κ1) is 15.7. The average Bonchev–Trinajstić information content (AvgIpc) is 2.37. The molecule has 1 heterocycles. The van der Waals surface area contributed by atoms with E-state index < -0.39 is 0 Å². The van der Waals surface area contributed by atoms with Gasteiger partial charge in [0.25, 0.3) is 0 Å². The van der Waals surface area contributed by atoms with Crippen molar-refractivity contribution < 1.29 is 0 Å². The molecule has 0 bridgehead atoms. The SMILES string of the molecule is CC(CC(C)(C)C)c1ccc(N2CCCCC2)c(Cl)c1. The highest BCUT2D eigenvalue weighted by Crippen LogP contribution is 2.35. The summed E-state index contributed by atoms with van der Waals surface area (Å²) in [5.41, 5.74) is 2.95. The van der Waals surface area contributed by atoms with E-state index in [2.05, 4.69) is 50.8 Å². The Hall–Kier alpha value is -0.690. The maximum Gasteiger partial charge on any atom is 0.0642 e. The molecular formula is C18H28ClN. The fraction of sp³-hybridized carbons (Fsp3) is 0.667. The van der Waals surface area contributed by atoms with Crippen LogP contribution < -0.4 is 4.90 Å². The minimum atomic E-state index is 0.359. The number of hydrogen-bond acceptors (Lipinski definition) is 1. The van der Waals surface area contributed by atoms with E-state index in [4.69, 9.17) is 11.6 Å². The second-order valence-electron chi connectivity index (χ2n) is 7.42. The molecule has 0 spiro atoms. The zero-order valence-electron chi connectivity index (χ0n) is 13.4. The maximum atomic E-state index is 6.54. The number of hydrogen-bond donors (Lipinski definition) is 0. The summed E-state index contributed by atoms with van der Waals surface area (Å²) in [6.07, 6.45) is 5.12. The molecule has 1 aliphatic heterocycles. The van der Waals surface area contributed by atoms with Crippen LogP contribution in [0.15, 0.2) is 18.2 Å². The van der Waals surface area contributed by atoms with E-state index in [1.165, 1.54) is 36.9 Å². The molecule has 112 valence electrons. The number of anilines is 1. The third-order valence-electron chi connectivity index (χ3n) is 4.16. The highest BCUT2D eigenvalue weighted by atomic mass is 35.5. The summed E-state index contributed by atoms with van der Waals surface area (Å²) in [6, 6.07) is 6.68. The highest BCUT2D eigenvalue weighted by molar-refractivity contribution is 6.33. The number of benzene rings is 1. The van der Waals surface area contributed by atoms with Gasteiger partial charge in [-0.25, -0.2) is 0 Å². The summed E-state index contributed by atoms with van der Waals surface area (Å²) >= 11 is 6.54. The molecule has 1 atom stereocenters. The third-order valence-corrected chi connectivity index (χ3v) is 4.46. The first-order valence-electron chi connectivity index (χ1n) is 7.91. The number of rotatable bonds is 3. The molecule has 1 fully saturated rings. The van der Waals surface area contributed by atoms with Crippen LogP contribution in [0.3, 0.4) is 0 Å². The largest absolute Gasteiger partial charge is 0.370 e. The van der Waals surface area contributed by atoms with Crippen molar-refractivity contribution in [1.29, 1.82) is 0 Å². The lowest BCUT2D eigenvalue weighted by atomic mass is 9.82. The van der Waals surface area contributed by atoms with E-state index >= 15 is 0 Å². The van der Waals surface area contributed by atoms with Crippen molar-refractivity contribution >= 4 is 17.3 Å². The molecule has 1 aromatic carbocycles. The fourth-order valence-electron chi connectivity index (χ4n) is 3.26. The van der Waals surface area contributed by atoms with Gasteiger partial charge in [-0.15, -0.1) is 0 Å². The van der Waals surface area contributed by atoms with Gasteiger partial charge in [0, 0.05) is 13.1 Å². The van der Waals surface area contributed by atoms with Gasteiger partial charge in [0.2, 0.25) is 0 Å². The van der Waals surface area contributed by atoms with Crippen LogP contribution in [0, 0.1) is 5.41 Å². The minimum absolute atomic E-state index is 0.359. The van der Waals surface area contributed by atoms with Crippen molar-refractivity contribution in [2.75, 3.05) is 18.0 Å². The van der Waals surface area contributed by atoms with Gasteiger partial charge in [-0.2, -0.15) is 0 Å². The van der Waals surface area contributed by atoms with Crippen LogP contribution in [0.25, 0.3) is 0 Å². The minimum Gasteiger partial charge on any atom is -0.370 e. The van der Waals surface area contributed by atoms with Gasteiger partial charge in [0.15, 0.2) is 0 Å². The van der Waals surface area contributed by atoms with Gasteiger partial charge in [-0.3, -0.25) is 0 Å². The van der Waals surface area contributed by atoms with E-state index in [1.807, 2.05) is 0 Å². The summed E-state index contributed by atoms with van der Waals surface area (Å²) in [7, 11) is 0. The lowest BCUT2D eigenvalue weighted by Gasteiger charge is -2.30. The van der Waals surface area contributed by atoms with Crippen LogP contribution in [0.1, 0.15) is 64.9 Å². The van der Waals surface area contributed by atoms with E-state index in [-0.39, 0.29) is 0 Å². The predicted molar refractivity (Wildman–Crippen MR) is 90.0 cm³/mol. The molecule has 1 aliphatic rings. The number of halogens is 1. The molecule has 20 heavy (non-hydrogen) atoms. The van der Waals surface area contributed by atoms with Gasteiger partial charge in [-0.1, -0.05) is 45.4 Å². The molecule has 0 radical (unpaired) electrons. The Labute approximate surface area is 129 Å². The maximum absolute atomic E-state index is 6.54. The molecule has 1 nitrogen and oxygen atoms in total. The van der Waals surface area contributed by atoms with Crippen molar-refractivity contribution in [3.8, 4) is 0 Å². The van der Waals surface area contributed by atoms with E-state index in [0.717, 1.165) is 18.1 Å². The van der Waals surface area contributed by atoms with Crippen LogP contribution >= 0.6 is 11.6 Å². The molecule has 1 saturated heterocycles. The Kier molecular flexibility index (Phi) is 5.01. The summed E-state index contributed by atoms with van der Waals surface area (Å²) in [4.78, 5) is 2.43.